The minimum Gasteiger partial charge on any atom is -0.497 e. The molecule has 3 N–H and O–H groups in total. The number of hydrogen-bond donors (Lipinski definition) is 4. The van der Waals surface area contributed by atoms with E-state index in [9.17, 15) is 14.7 Å². The number of aryl methyl sites for hydroxylation is 15. The van der Waals surface area contributed by atoms with Crippen LogP contribution in [0.4, 0.5) is 5.69 Å². The van der Waals surface area contributed by atoms with Gasteiger partial charge in [-0.15, -0.1) is 59.7 Å². The number of fused-ring (bicyclic) bond motifs is 4. The third kappa shape index (κ3) is 23.0. The number of benzene rings is 11. The van der Waals surface area contributed by atoms with Crippen molar-refractivity contribution in [3.05, 3.63) is 343 Å². The van der Waals surface area contributed by atoms with Crippen molar-refractivity contribution in [1.82, 2.24) is 0 Å². The Morgan fingerprint density at radius 2 is 0.798 bits per heavy atom. The molecule has 0 radical (unpaired) electrons. The number of aliphatic hydroxyl groups is 1. The highest BCUT2D eigenvalue weighted by Gasteiger charge is 2.31. The van der Waals surface area contributed by atoms with Crippen molar-refractivity contribution in [1.29, 1.82) is 0 Å². The van der Waals surface area contributed by atoms with Gasteiger partial charge in [-0.05, 0) is 277 Å². The van der Waals surface area contributed by atoms with Gasteiger partial charge in [0, 0.05) is 91.1 Å². The lowest BCUT2D eigenvalue weighted by Gasteiger charge is -2.31. The normalized spacial score (nSPS) is 13.0. The summed E-state index contributed by atoms with van der Waals surface area (Å²) in [5, 5.41) is 18.8. The number of thioether (sulfide) groups is 2. The molecule has 13 aromatic rings. The van der Waals surface area contributed by atoms with Gasteiger partial charge in [0.05, 0.1) is 27.4 Å². The van der Waals surface area contributed by atoms with E-state index in [-0.39, 0.29) is 16.8 Å². The third-order valence-electron chi connectivity index (χ3n) is 18.8. The number of ether oxygens (including phenoxy) is 3. The minimum atomic E-state index is -0.394. The van der Waals surface area contributed by atoms with E-state index in [4.69, 9.17) is 19.9 Å². The van der Waals surface area contributed by atoms with Crippen LogP contribution in [-0.4, -0.2) is 32.2 Å². The van der Waals surface area contributed by atoms with Crippen molar-refractivity contribution >= 4 is 103 Å². The highest BCUT2D eigenvalue weighted by molar-refractivity contribution is 8.02. The quantitative estimate of drug-likeness (QED) is 0.0917. The molecule has 11 aromatic carbocycles. The van der Waals surface area contributed by atoms with E-state index in [1.807, 2.05) is 128 Å². The fourth-order valence-electron chi connectivity index (χ4n) is 13.3. The summed E-state index contributed by atoms with van der Waals surface area (Å²) in [6, 6.07) is 68.3. The van der Waals surface area contributed by atoms with Crippen molar-refractivity contribution in [3.8, 4) is 39.5 Å². The molecular weight excluding hydrogens is 1460 g/mol. The van der Waals surface area contributed by atoms with Gasteiger partial charge < -0.3 is 25.1 Å². The number of hydrogen-bond acceptors (Lipinski definition) is 13. The molecule has 2 aliphatic heterocycles. The predicted molar refractivity (Wildman–Crippen MR) is 478 cm³/mol. The van der Waals surface area contributed by atoms with E-state index in [0.29, 0.717) is 0 Å². The van der Waals surface area contributed by atoms with Crippen molar-refractivity contribution in [3.63, 3.8) is 0 Å². The van der Waals surface area contributed by atoms with Crippen LogP contribution in [0.15, 0.2) is 246 Å². The van der Waals surface area contributed by atoms with Gasteiger partial charge in [-0.2, -0.15) is 0 Å². The molecule has 0 amide bonds. The predicted octanol–water partition coefficient (Wildman–Crippen LogP) is 25.7. The van der Waals surface area contributed by atoms with Crippen LogP contribution in [-0.2, 0) is 6.42 Å². The zero-order valence-corrected chi connectivity index (χ0v) is 71.0. The molecule has 0 bridgehead atoms. The summed E-state index contributed by atoms with van der Waals surface area (Å²) < 4.78 is 17.2. The number of rotatable bonds is 7. The summed E-state index contributed by atoms with van der Waals surface area (Å²) in [5.41, 5.74) is 35.3. The van der Waals surface area contributed by atoms with E-state index >= 15 is 0 Å². The molecular formula is C96H101NO6S6. The molecule has 15 rings (SSSR count). The molecule has 0 saturated heterocycles. The molecule has 13 heteroatoms. The lowest BCUT2D eigenvalue weighted by Crippen LogP contribution is -2.19. The Hall–Kier alpha value is -9.02. The Balaban J connectivity index is 0.000000150. The van der Waals surface area contributed by atoms with Crippen LogP contribution in [0.3, 0.4) is 0 Å². The zero-order chi connectivity index (χ0) is 78.9. The van der Waals surface area contributed by atoms with E-state index in [1.165, 1.54) is 98.8 Å². The molecule has 2 atom stereocenters. The van der Waals surface area contributed by atoms with Gasteiger partial charge in [-0.25, -0.2) is 0 Å². The molecule has 7 nitrogen and oxygen atoms in total. The minimum absolute atomic E-state index is 0.139. The second-order valence-corrected chi connectivity index (χ2v) is 33.3. The molecule has 109 heavy (non-hydrogen) atoms. The average Bonchev–Trinajstić information content (AvgIpc) is 0.770. The zero-order valence-electron chi connectivity index (χ0n) is 65.9. The Morgan fingerprint density at radius 3 is 1.26 bits per heavy atom. The molecule has 0 aliphatic carbocycles. The molecule has 2 unspecified atom stereocenters. The number of aliphatic hydroxyl groups excluding tert-OH is 1. The summed E-state index contributed by atoms with van der Waals surface area (Å²) in [6.45, 7) is 31.3. The standard InChI is InChI=1S/C18H20OS.2C18H16OS.C18H18S.C8H11NO.C8H10O2S.C8H10S/c3*1-11-4-6-14(7-5-11)15-10-20-16-9-12(2)8-13(3)17(16)18(15)19;1-12-4-6-15(7-5-12)16-10-17-14(3)8-13(2)9-18(17)19-11-16;1-6-3-7(9)5-8(4-6)10-2;1-9-6-3-7(10-2)5-8(11)4-6;1-6-3-7(2)5-8(9)4-6/h4-9,15,18-19H,10H2,1-3H3;2*4-10H,1-3H3;4-9,11H,10H2,1-3H3;3-5H,9H2,1-2H3;3-5,11H,1-2H3;3-5,9H,1-2H3. The Morgan fingerprint density at radius 1 is 0.404 bits per heavy atom. The van der Waals surface area contributed by atoms with Crippen LogP contribution in [0.2, 0.25) is 0 Å². The largest absolute Gasteiger partial charge is 0.497 e. The molecule has 0 saturated carbocycles. The van der Waals surface area contributed by atoms with Gasteiger partial charge in [0.1, 0.15) is 17.2 Å². The van der Waals surface area contributed by atoms with Gasteiger partial charge in [0.2, 0.25) is 0 Å². The number of methoxy groups -OCH3 is 3. The van der Waals surface area contributed by atoms with Crippen LogP contribution < -0.4 is 30.8 Å². The maximum Gasteiger partial charge on any atom is 0.196 e. The molecule has 2 aliphatic rings. The lowest BCUT2D eigenvalue weighted by molar-refractivity contribution is 0.147. The fourth-order valence-corrected chi connectivity index (χ4v) is 18.8. The van der Waals surface area contributed by atoms with Gasteiger partial charge in [-0.3, -0.25) is 9.59 Å². The van der Waals surface area contributed by atoms with Crippen molar-refractivity contribution < 1.29 is 19.3 Å². The first-order valence-corrected chi connectivity index (χ1v) is 40.8. The van der Waals surface area contributed by atoms with Gasteiger partial charge in [0.25, 0.3) is 0 Å². The SMILES string of the molecule is COc1cc(C)cc(N)c1.COc1cc(S)cc(OC)c1.Cc1cc(C)cc(S)c1.Cc1ccc(-c2csc3cc(C)cc(C)c3c2=O)cc1.Cc1ccc(-c2csc3cc(C)cc(C)c3c2=O)cc1.Cc1ccc(C2=CSc3cc(C)cc(C)c3C2)cc1.Cc1ccc(C2CSc3cc(C)cc(C)c3C2O)cc1. The Kier molecular flexibility index (Phi) is 30.1. The summed E-state index contributed by atoms with van der Waals surface area (Å²) in [4.78, 5) is 30.1. The molecule has 2 aromatic heterocycles. The Bertz CT molecular complexity index is 5250. The third-order valence-corrected chi connectivity index (χ3v) is 23.4. The second-order valence-electron chi connectivity index (χ2n) is 28.4. The maximum atomic E-state index is 12.8. The summed E-state index contributed by atoms with van der Waals surface area (Å²) in [5.74, 6) is 3.47. The van der Waals surface area contributed by atoms with Gasteiger partial charge in [0.15, 0.2) is 10.9 Å². The van der Waals surface area contributed by atoms with Crippen molar-refractivity contribution in [2.24, 2.45) is 0 Å². The smallest absolute Gasteiger partial charge is 0.196 e. The van der Waals surface area contributed by atoms with E-state index in [0.717, 1.165) is 110 Å². The topological polar surface area (TPSA) is 108 Å². The van der Waals surface area contributed by atoms with Crippen LogP contribution >= 0.6 is 71.5 Å². The number of nitrogen functional groups attached to an aromatic ring is 1. The van der Waals surface area contributed by atoms with Crippen molar-refractivity contribution in [2.75, 3.05) is 32.8 Å². The van der Waals surface area contributed by atoms with E-state index in [2.05, 4.69) is 229 Å². The van der Waals surface area contributed by atoms with Gasteiger partial charge >= 0.3 is 0 Å². The first kappa shape index (κ1) is 84.0. The highest BCUT2D eigenvalue weighted by atomic mass is 32.2. The number of allylic oxidation sites excluding steroid dienone is 1. The van der Waals surface area contributed by atoms with Crippen LogP contribution in [0.25, 0.3) is 48.0 Å². The maximum absolute atomic E-state index is 12.8. The molecule has 0 fully saturated rings. The lowest BCUT2D eigenvalue weighted by atomic mass is 9.87. The van der Waals surface area contributed by atoms with E-state index < -0.39 is 6.10 Å². The summed E-state index contributed by atoms with van der Waals surface area (Å²) in [7, 11) is 4.86. The highest BCUT2D eigenvalue weighted by Crippen LogP contribution is 2.46. The average molecular weight is 1560 g/mol. The van der Waals surface area contributed by atoms with E-state index in [1.54, 1.807) is 56.1 Å². The molecule has 4 heterocycles. The molecule has 562 valence electrons. The first-order valence-electron chi connectivity index (χ1n) is 36.3. The Labute approximate surface area is 673 Å². The fraction of sp³-hybridized carbons (Fsp3) is 0.229. The van der Waals surface area contributed by atoms with Crippen LogP contribution in [0, 0.1) is 104 Å². The molecule has 0 spiro atoms. The first-order chi connectivity index (χ1) is 52.0. The monoisotopic (exact) mass is 1560 g/mol. The van der Waals surface area contributed by atoms with Crippen LogP contribution in [0.1, 0.15) is 118 Å². The number of thiol groups is 2. The van der Waals surface area contributed by atoms with Crippen molar-refractivity contribution in [2.45, 2.75) is 142 Å². The second kappa shape index (κ2) is 39.1. The van der Waals surface area contributed by atoms with Gasteiger partial charge in [-0.1, -0.05) is 161 Å². The number of anilines is 1. The summed E-state index contributed by atoms with van der Waals surface area (Å²) in [6.07, 6.45) is 0.659. The summed E-state index contributed by atoms with van der Waals surface area (Å²) >= 11 is 15.4. The number of nitrogens with two attached hydrogens (primary N) is 1. The van der Waals surface area contributed by atoms with Crippen LogP contribution in [0.5, 0.6) is 17.2 Å².